The van der Waals surface area contributed by atoms with Crippen molar-refractivity contribution in [1.82, 2.24) is 0 Å². The Morgan fingerprint density at radius 2 is 1.36 bits per heavy atom. The molecule has 0 saturated heterocycles. The molecule has 0 aromatic heterocycles. The van der Waals surface area contributed by atoms with Gasteiger partial charge in [-0.15, -0.1) is 0 Å². The summed E-state index contributed by atoms with van der Waals surface area (Å²) < 4.78 is 71.5. The standard InChI is InChI=1S/C8H10F6/c1-5(2)3-4-6(7(9,10)11)8(12,13)14/h3,6H,4H2,1-2H3. The summed E-state index contributed by atoms with van der Waals surface area (Å²) in [6.45, 7) is 2.90. The van der Waals surface area contributed by atoms with Crippen LogP contribution in [0.15, 0.2) is 11.6 Å². The molecule has 0 aromatic carbocycles. The van der Waals surface area contributed by atoms with Crippen LogP contribution in [0, 0.1) is 5.92 Å². The van der Waals surface area contributed by atoms with Gasteiger partial charge in [0.25, 0.3) is 0 Å². The fourth-order valence-electron chi connectivity index (χ4n) is 0.806. The Labute approximate surface area is 77.6 Å². The van der Waals surface area contributed by atoms with Crippen LogP contribution in [0.5, 0.6) is 0 Å². The van der Waals surface area contributed by atoms with E-state index < -0.39 is 24.7 Å². The Morgan fingerprint density at radius 1 is 1.00 bits per heavy atom. The Morgan fingerprint density at radius 3 is 1.57 bits per heavy atom. The summed E-state index contributed by atoms with van der Waals surface area (Å²) in [6, 6.07) is 0. The van der Waals surface area contributed by atoms with Gasteiger partial charge in [0.05, 0.1) is 0 Å². The van der Waals surface area contributed by atoms with Crippen molar-refractivity contribution in [3.05, 3.63) is 11.6 Å². The lowest BCUT2D eigenvalue weighted by Gasteiger charge is -2.21. The van der Waals surface area contributed by atoms with Gasteiger partial charge in [-0.3, -0.25) is 0 Å². The minimum atomic E-state index is -5.23. The van der Waals surface area contributed by atoms with E-state index in [1.807, 2.05) is 0 Å². The lowest BCUT2D eigenvalue weighted by molar-refractivity contribution is -0.282. The second kappa shape index (κ2) is 4.23. The maximum Gasteiger partial charge on any atom is 0.400 e. The van der Waals surface area contributed by atoms with Gasteiger partial charge < -0.3 is 0 Å². The molecular weight excluding hydrogens is 210 g/mol. The number of hydrogen-bond donors (Lipinski definition) is 0. The van der Waals surface area contributed by atoms with Crippen molar-refractivity contribution in [2.45, 2.75) is 32.6 Å². The molecule has 0 bridgehead atoms. The third-order valence-electron chi connectivity index (χ3n) is 1.55. The molecule has 0 spiro atoms. The monoisotopic (exact) mass is 220 g/mol. The molecule has 0 amide bonds. The molecule has 6 heteroatoms. The van der Waals surface area contributed by atoms with Crippen molar-refractivity contribution in [2.24, 2.45) is 5.92 Å². The van der Waals surface area contributed by atoms with E-state index in [2.05, 4.69) is 0 Å². The van der Waals surface area contributed by atoms with Crippen molar-refractivity contribution in [3.63, 3.8) is 0 Å². The van der Waals surface area contributed by atoms with E-state index in [0.717, 1.165) is 6.08 Å². The van der Waals surface area contributed by atoms with Gasteiger partial charge in [-0.2, -0.15) is 26.3 Å². The molecule has 0 aliphatic heterocycles. The van der Waals surface area contributed by atoms with Crippen LogP contribution in [-0.4, -0.2) is 12.4 Å². The fourth-order valence-corrected chi connectivity index (χ4v) is 0.806. The van der Waals surface area contributed by atoms with Crippen molar-refractivity contribution < 1.29 is 26.3 Å². The van der Waals surface area contributed by atoms with Gasteiger partial charge in [0.1, 0.15) is 0 Å². The lowest BCUT2D eigenvalue weighted by atomic mass is 10.0. The fraction of sp³-hybridized carbons (Fsp3) is 0.750. The van der Waals surface area contributed by atoms with Crippen molar-refractivity contribution in [2.75, 3.05) is 0 Å². The Balaban J connectivity index is 4.69. The molecule has 0 N–H and O–H groups in total. The van der Waals surface area contributed by atoms with Crippen LogP contribution < -0.4 is 0 Å². The summed E-state index contributed by atoms with van der Waals surface area (Å²) in [7, 11) is 0. The molecule has 0 unspecified atom stereocenters. The summed E-state index contributed by atoms with van der Waals surface area (Å²) >= 11 is 0. The second-order valence-corrected chi connectivity index (χ2v) is 3.15. The zero-order chi connectivity index (χ0) is 11.6. The minimum absolute atomic E-state index is 0.434. The Bertz CT molecular complexity index is 191. The number of hydrogen-bond acceptors (Lipinski definition) is 0. The van der Waals surface area contributed by atoms with Crippen LogP contribution in [-0.2, 0) is 0 Å². The molecule has 0 radical (unpaired) electrons. The van der Waals surface area contributed by atoms with Gasteiger partial charge >= 0.3 is 12.4 Å². The number of alkyl halides is 6. The van der Waals surface area contributed by atoms with Crippen LogP contribution in [0.25, 0.3) is 0 Å². The first-order valence-corrected chi connectivity index (χ1v) is 3.82. The third kappa shape index (κ3) is 4.53. The normalized spacial score (nSPS) is 13.2. The lowest BCUT2D eigenvalue weighted by Crippen LogP contribution is -2.35. The van der Waals surface area contributed by atoms with E-state index in [0.29, 0.717) is 5.57 Å². The molecule has 0 rings (SSSR count). The van der Waals surface area contributed by atoms with Gasteiger partial charge in [0, 0.05) is 0 Å². The molecule has 0 saturated carbocycles. The maximum atomic E-state index is 11.9. The van der Waals surface area contributed by atoms with E-state index in [1.165, 1.54) is 13.8 Å². The molecular formula is C8H10F6. The first kappa shape index (κ1) is 13.3. The molecule has 0 nitrogen and oxygen atoms in total. The molecule has 84 valence electrons. The van der Waals surface area contributed by atoms with Gasteiger partial charge in [-0.1, -0.05) is 11.6 Å². The van der Waals surface area contributed by atoms with E-state index in [4.69, 9.17) is 0 Å². The van der Waals surface area contributed by atoms with Crippen LogP contribution in [0.4, 0.5) is 26.3 Å². The predicted molar refractivity (Wildman–Crippen MR) is 39.6 cm³/mol. The second-order valence-electron chi connectivity index (χ2n) is 3.15. The SMILES string of the molecule is CC(C)=CCC(C(F)(F)F)C(F)(F)F. The van der Waals surface area contributed by atoms with E-state index >= 15 is 0 Å². The van der Waals surface area contributed by atoms with E-state index in [9.17, 15) is 26.3 Å². The zero-order valence-corrected chi connectivity index (χ0v) is 7.63. The van der Waals surface area contributed by atoms with Gasteiger partial charge in [0.15, 0.2) is 5.92 Å². The third-order valence-corrected chi connectivity index (χ3v) is 1.55. The predicted octanol–water partition coefficient (Wildman–Crippen LogP) is 4.08. The molecule has 0 heterocycles. The zero-order valence-electron chi connectivity index (χ0n) is 7.63. The number of allylic oxidation sites excluding steroid dienone is 2. The summed E-state index contributed by atoms with van der Waals surface area (Å²) in [6.07, 6.45) is -10.6. The van der Waals surface area contributed by atoms with Crippen LogP contribution in [0.2, 0.25) is 0 Å². The highest BCUT2D eigenvalue weighted by atomic mass is 19.4. The van der Waals surface area contributed by atoms with Crippen LogP contribution in [0.1, 0.15) is 20.3 Å². The summed E-state index contributed by atoms with van der Waals surface area (Å²) in [5.74, 6) is -3.26. The van der Waals surface area contributed by atoms with Crippen LogP contribution >= 0.6 is 0 Å². The van der Waals surface area contributed by atoms with Crippen molar-refractivity contribution >= 4 is 0 Å². The highest BCUT2D eigenvalue weighted by molar-refractivity contribution is 4.96. The molecule has 14 heavy (non-hydrogen) atoms. The number of rotatable bonds is 2. The molecule has 0 aliphatic carbocycles. The van der Waals surface area contributed by atoms with E-state index in [-0.39, 0.29) is 0 Å². The van der Waals surface area contributed by atoms with Gasteiger partial charge in [-0.25, -0.2) is 0 Å². The van der Waals surface area contributed by atoms with Crippen LogP contribution in [0.3, 0.4) is 0 Å². The Kier molecular flexibility index (Phi) is 4.02. The van der Waals surface area contributed by atoms with E-state index in [1.54, 1.807) is 0 Å². The van der Waals surface area contributed by atoms with Crippen molar-refractivity contribution in [3.8, 4) is 0 Å². The Hall–Kier alpha value is -0.680. The largest absolute Gasteiger partial charge is 0.400 e. The molecule has 0 aliphatic rings. The van der Waals surface area contributed by atoms with Gasteiger partial charge in [-0.05, 0) is 20.3 Å². The minimum Gasteiger partial charge on any atom is -0.170 e. The van der Waals surface area contributed by atoms with Crippen molar-refractivity contribution in [1.29, 1.82) is 0 Å². The highest BCUT2D eigenvalue weighted by Gasteiger charge is 2.55. The summed E-state index contributed by atoms with van der Waals surface area (Å²) in [5, 5.41) is 0. The maximum absolute atomic E-state index is 11.9. The molecule has 0 aromatic rings. The first-order chi connectivity index (χ1) is 6.05. The average molecular weight is 220 g/mol. The topological polar surface area (TPSA) is 0 Å². The smallest absolute Gasteiger partial charge is 0.170 e. The summed E-state index contributed by atoms with van der Waals surface area (Å²) in [5.41, 5.74) is 0.434. The van der Waals surface area contributed by atoms with Gasteiger partial charge in [0.2, 0.25) is 0 Å². The first-order valence-electron chi connectivity index (χ1n) is 3.82. The summed E-state index contributed by atoms with van der Waals surface area (Å²) in [4.78, 5) is 0. The number of halogens is 6. The molecule has 0 atom stereocenters. The quantitative estimate of drug-likeness (QED) is 0.485. The average Bonchev–Trinajstić information content (AvgIpc) is 1.78. The molecule has 0 fully saturated rings. The highest BCUT2D eigenvalue weighted by Crippen LogP contribution is 2.41.